The number of likely N-dealkylation sites (tertiary alicyclic amines) is 1. The highest BCUT2D eigenvalue weighted by atomic mass is 35.5. The highest BCUT2D eigenvalue weighted by Crippen LogP contribution is 2.27. The summed E-state index contributed by atoms with van der Waals surface area (Å²) in [6.45, 7) is 9.07. The van der Waals surface area contributed by atoms with Crippen molar-refractivity contribution >= 4 is 40.9 Å². The molecule has 0 bridgehead atoms. The number of nitrogens with zero attached hydrogens (tertiary/aromatic N) is 4. The lowest BCUT2D eigenvalue weighted by atomic mass is 10.0. The third kappa shape index (κ3) is 7.52. The Morgan fingerprint density at radius 2 is 2.06 bits per heavy atom. The molecular weight excluding hydrogens is 446 g/mol. The minimum Gasteiger partial charge on any atom is -0.363 e. The molecule has 1 aliphatic rings. The maximum Gasteiger partial charge on any atom is 0.149 e. The molecule has 3 heterocycles. The van der Waals surface area contributed by atoms with Crippen LogP contribution in [-0.2, 0) is 6.54 Å². The lowest BCUT2D eigenvalue weighted by Crippen LogP contribution is -2.33. The van der Waals surface area contributed by atoms with Crippen LogP contribution in [0.15, 0.2) is 17.2 Å². The Hall–Kier alpha value is -1.02. The average molecular weight is 480 g/mol. The van der Waals surface area contributed by atoms with Gasteiger partial charge in [0.2, 0.25) is 0 Å². The zero-order valence-electron chi connectivity index (χ0n) is 19.1. The Morgan fingerprint density at radius 3 is 2.87 bits per heavy atom. The number of hydrogen-bond acceptors (Lipinski definition) is 7. The van der Waals surface area contributed by atoms with Crippen LogP contribution in [0.2, 0.25) is 5.02 Å². The van der Waals surface area contributed by atoms with Crippen LogP contribution in [0.4, 0.5) is 5.82 Å². The quantitative estimate of drug-likeness (QED) is 0.350. The molecule has 1 atom stereocenters. The van der Waals surface area contributed by atoms with E-state index in [9.17, 15) is 0 Å². The number of rotatable bonds is 10. The van der Waals surface area contributed by atoms with Crippen LogP contribution in [0.5, 0.6) is 0 Å². The summed E-state index contributed by atoms with van der Waals surface area (Å²) < 4.78 is 0. The van der Waals surface area contributed by atoms with Crippen molar-refractivity contribution in [1.29, 1.82) is 0 Å². The number of aryl methyl sites for hydroxylation is 2. The number of nitrogens with one attached hydrogen (secondary N) is 1. The summed E-state index contributed by atoms with van der Waals surface area (Å²) in [4.78, 5) is 17.1. The van der Waals surface area contributed by atoms with Crippen LogP contribution in [0.1, 0.15) is 42.0 Å². The number of pyridine rings is 1. The maximum absolute atomic E-state index is 6.35. The molecule has 1 aliphatic heterocycles. The van der Waals surface area contributed by atoms with Gasteiger partial charge in [0.25, 0.3) is 0 Å². The third-order valence-electron chi connectivity index (χ3n) is 5.58. The van der Waals surface area contributed by atoms with E-state index in [2.05, 4.69) is 57.0 Å². The lowest BCUT2D eigenvalue weighted by molar-refractivity contribution is 0.224. The monoisotopic (exact) mass is 479 g/mol. The Kier molecular flexibility index (Phi) is 9.75. The first kappa shape index (κ1) is 24.6. The van der Waals surface area contributed by atoms with Gasteiger partial charge >= 0.3 is 0 Å². The highest BCUT2D eigenvalue weighted by molar-refractivity contribution is 8.00. The average Bonchev–Trinajstić information content (AvgIpc) is 2.74. The summed E-state index contributed by atoms with van der Waals surface area (Å²) in [6, 6.07) is 2.13. The summed E-state index contributed by atoms with van der Waals surface area (Å²) in [6.07, 6.45) is 5.90. The Morgan fingerprint density at radius 1 is 1.23 bits per heavy atom. The SMILES string of the molecule is Cc1nc(C)c(Cl)c(NCc2nccc(SCCCSCC3CCCN(C)C3)c2C)n1. The number of thioether (sulfide) groups is 2. The Labute approximate surface area is 200 Å². The van der Waals surface area contributed by atoms with E-state index in [0.29, 0.717) is 23.2 Å². The van der Waals surface area contributed by atoms with E-state index in [1.807, 2.05) is 31.8 Å². The van der Waals surface area contributed by atoms with Gasteiger partial charge in [-0.15, -0.1) is 11.8 Å². The predicted octanol–water partition coefficient (Wildman–Crippen LogP) is 5.62. The van der Waals surface area contributed by atoms with E-state index in [4.69, 9.17) is 11.6 Å². The van der Waals surface area contributed by atoms with Gasteiger partial charge < -0.3 is 10.2 Å². The first-order valence-electron chi connectivity index (χ1n) is 11.0. The fraction of sp³-hybridized carbons (Fsp3) is 0.609. The van der Waals surface area contributed by atoms with Gasteiger partial charge in [0.15, 0.2) is 0 Å². The fourth-order valence-corrected chi connectivity index (χ4v) is 6.33. The third-order valence-corrected chi connectivity index (χ3v) is 8.56. The Bertz CT molecular complexity index is 864. The molecule has 3 rings (SSSR count). The normalized spacial score (nSPS) is 17.1. The van der Waals surface area contributed by atoms with Crippen LogP contribution in [0, 0.1) is 26.7 Å². The van der Waals surface area contributed by atoms with Gasteiger partial charge in [0.05, 0.1) is 17.9 Å². The molecule has 1 saturated heterocycles. The number of anilines is 1. The molecule has 5 nitrogen and oxygen atoms in total. The predicted molar refractivity (Wildman–Crippen MR) is 136 cm³/mol. The van der Waals surface area contributed by atoms with E-state index < -0.39 is 0 Å². The molecule has 31 heavy (non-hydrogen) atoms. The summed E-state index contributed by atoms with van der Waals surface area (Å²) in [7, 11) is 2.25. The lowest BCUT2D eigenvalue weighted by Gasteiger charge is -2.29. The first-order valence-corrected chi connectivity index (χ1v) is 13.5. The number of piperidine rings is 1. The zero-order chi connectivity index (χ0) is 22.2. The summed E-state index contributed by atoms with van der Waals surface area (Å²) in [5.41, 5.74) is 3.06. The van der Waals surface area contributed by atoms with E-state index in [1.54, 1.807) is 0 Å². The number of hydrogen-bond donors (Lipinski definition) is 1. The van der Waals surface area contributed by atoms with Crippen LogP contribution in [0.25, 0.3) is 0 Å². The molecule has 0 radical (unpaired) electrons. The van der Waals surface area contributed by atoms with Gasteiger partial charge in [-0.2, -0.15) is 11.8 Å². The van der Waals surface area contributed by atoms with Crippen molar-refractivity contribution < 1.29 is 0 Å². The van der Waals surface area contributed by atoms with Gasteiger partial charge in [-0.25, -0.2) is 9.97 Å². The minimum absolute atomic E-state index is 0.575. The molecular formula is C23H34ClN5S2. The van der Waals surface area contributed by atoms with Gasteiger partial charge in [-0.3, -0.25) is 4.98 Å². The second kappa shape index (κ2) is 12.3. The van der Waals surface area contributed by atoms with Gasteiger partial charge in [-0.1, -0.05) is 11.6 Å². The molecule has 0 amide bonds. The molecule has 170 valence electrons. The van der Waals surface area contributed by atoms with Crippen molar-refractivity contribution in [3.05, 3.63) is 40.1 Å². The van der Waals surface area contributed by atoms with E-state index >= 15 is 0 Å². The van der Waals surface area contributed by atoms with Gasteiger partial charge in [0.1, 0.15) is 16.7 Å². The van der Waals surface area contributed by atoms with E-state index in [1.165, 1.54) is 54.3 Å². The Balaban J connectivity index is 1.43. The van der Waals surface area contributed by atoms with Gasteiger partial charge in [-0.05, 0) is 88.4 Å². The smallest absolute Gasteiger partial charge is 0.149 e. The molecule has 1 unspecified atom stereocenters. The number of aromatic nitrogens is 3. The molecule has 1 fully saturated rings. The van der Waals surface area contributed by atoms with Crippen molar-refractivity contribution in [2.75, 3.05) is 42.7 Å². The van der Waals surface area contributed by atoms with Crippen LogP contribution >= 0.6 is 35.1 Å². The van der Waals surface area contributed by atoms with Crippen molar-refractivity contribution in [3.63, 3.8) is 0 Å². The fourth-order valence-electron chi connectivity index (χ4n) is 3.88. The molecule has 0 aromatic carbocycles. The molecule has 0 spiro atoms. The van der Waals surface area contributed by atoms with Crippen LogP contribution in [0.3, 0.4) is 0 Å². The molecule has 1 N–H and O–H groups in total. The van der Waals surface area contributed by atoms with Crippen molar-refractivity contribution in [2.45, 2.75) is 51.5 Å². The van der Waals surface area contributed by atoms with Crippen LogP contribution < -0.4 is 5.32 Å². The molecule has 2 aromatic heterocycles. The van der Waals surface area contributed by atoms with Crippen molar-refractivity contribution in [1.82, 2.24) is 19.9 Å². The summed E-state index contributed by atoms with van der Waals surface area (Å²) in [5, 5.41) is 3.91. The molecule has 0 aliphatic carbocycles. The second-order valence-electron chi connectivity index (χ2n) is 8.30. The summed E-state index contributed by atoms with van der Waals surface area (Å²) >= 11 is 10.4. The van der Waals surface area contributed by atoms with E-state index in [0.717, 1.165) is 23.1 Å². The molecule has 2 aromatic rings. The number of halogens is 1. The summed E-state index contributed by atoms with van der Waals surface area (Å²) in [5.74, 6) is 5.97. The zero-order valence-corrected chi connectivity index (χ0v) is 21.5. The van der Waals surface area contributed by atoms with Crippen LogP contribution in [-0.4, -0.2) is 57.2 Å². The standard InChI is InChI=1S/C23H34ClN5S2/c1-16-20(13-26-23-22(24)17(2)27-18(3)28-23)25-9-8-21(16)31-12-6-11-30-15-19-7-5-10-29(4)14-19/h8-9,19H,5-7,10-15H2,1-4H3,(H,26,27,28). The van der Waals surface area contributed by atoms with Crippen molar-refractivity contribution in [3.8, 4) is 0 Å². The molecule has 0 saturated carbocycles. The van der Waals surface area contributed by atoms with E-state index in [-0.39, 0.29) is 0 Å². The minimum atomic E-state index is 0.575. The second-order valence-corrected chi connectivity index (χ2v) is 11.0. The maximum atomic E-state index is 6.35. The molecule has 8 heteroatoms. The van der Waals surface area contributed by atoms with Gasteiger partial charge in [0, 0.05) is 17.6 Å². The largest absolute Gasteiger partial charge is 0.363 e. The van der Waals surface area contributed by atoms with Crippen molar-refractivity contribution in [2.24, 2.45) is 5.92 Å². The first-order chi connectivity index (χ1) is 14.9. The highest BCUT2D eigenvalue weighted by Gasteiger charge is 2.16. The topological polar surface area (TPSA) is 53.9 Å².